The Morgan fingerprint density at radius 3 is 2.76 bits per heavy atom. The second-order valence-electron chi connectivity index (χ2n) is 5.01. The van der Waals surface area contributed by atoms with Crippen LogP contribution in [0.25, 0.3) is 0 Å². The van der Waals surface area contributed by atoms with Crippen molar-refractivity contribution in [3.63, 3.8) is 0 Å². The Hall–Kier alpha value is -2.20. The lowest BCUT2D eigenvalue weighted by Gasteiger charge is -2.19. The van der Waals surface area contributed by atoms with Gasteiger partial charge in [0.2, 0.25) is 0 Å². The first kappa shape index (κ1) is 15.2. The number of rotatable bonds is 3. The number of amides is 2. The summed E-state index contributed by atoms with van der Waals surface area (Å²) in [6.07, 6.45) is 0. The molecule has 3 N–H and O–H groups in total. The van der Waals surface area contributed by atoms with Crippen molar-refractivity contribution in [2.45, 2.75) is 13.5 Å². The first-order valence-electron chi connectivity index (χ1n) is 6.58. The summed E-state index contributed by atoms with van der Waals surface area (Å²) in [5.41, 5.74) is 9.05. The quantitative estimate of drug-likeness (QED) is 0.845. The molecule has 0 saturated carbocycles. The van der Waals surface area contributed by atoms with Crippen LogP contribution in [0.2, 0.25) is 5.02 Å². The average Bonchev–Trinajstić information content (AvgIpc) is 2.43. The van der Waals surface area contributed by atoms with Gasteiger partial charge in [0.05, 0.1) is 0 Å². The van der Waals surface area contributed by atoms with Gasteiger partial charge in [0.1, 0.15) is 0 Å². The molecule has 0 aliphatic carbocycles. The number of halogens is 1. The SMILES string of the molecule is Cc1cccc(NC(=O)N(C)Cc2cc(N)ccc2Cl)c1. The lowest BCUT2D eigenvalue weighted by molar-refractivity contribution is 0.220. The van der Waals surface area contributed by atoms with Crippen LogP contribution in [0, 0.1) is 6.92 Å². The van der Waals surface area contributed by atoms with E-state index in [2.05, 4.69) is 5.32 Å². The summed E-state index contributed by atoms with van der Waals surface area (Å²) >= 11 is 6.11. The van der Waals surface area contributed by atoms with Crippen LogP contribution >= 0.6 is 11.6 Å². The largest absolute Gasteiger partial charge is 0.399 e. The predicted molar refractivity (Wildman–Crippen MR) is 87.5 cm³/mol. The molecule has 0 unspecified atom stereocenters. The van der Waals surface area contributed by atoms with Crippen molar-refractivity contribution < 1.29 is 4.79 Å². The molecule has 0 atom stereocenters. The van der Waals surface area contributed by atoms with Crippen LogP contribution in [0.4, 0.5) is 16.2 Å². The summed E-state index contributed by atoms with van der Waals surface area (Å²) in [7, 11) is 1.71. The molecule has 0 aromatic heterocycles. The Bertz CT molecular complexity index is 658. The van der Waals surface area contributed by atoms with Crippen molar-refractivity contribution in [2.24, 2.45) is 0 Å². The molecule has 2 rings (SSSR count). The zero-order chi connectivity index (χ0) is 15.4. The number of benzene rings is 2. The number of hydrogen-bond acceptors (Lipinski definition) is 2. The van der Waals surface area contributed by atoms with Crippen LogP contribution in [0.1, 0.15) is 11.1 Å². The summed E-state index contributed by atoms with van der Waals surface area (Å²) in [6, 6.07) is 12.7. The van der Waals surface area contributed by atoms with Crippen LogP contribution < -0.4 is 11.1 Å². The summed E-state index contributed by atoms with van der Waals surface area (Å²) in [4.78, 5) is 13.7. The maximum Gasteiger partial charge on any atom is 0.321 e. The molecule has 2 aromatic carbocycles. The molecule has 21 heavy (non-hydrogen) atoms. The molecule has 0 bridgehead atoms. The molecule has 0 aliphatic rings. The number of urea groups is 1. The minimum Gasteiger partial charge on any atom is -0.399 e. The fraction of sp³-hybridized carbons (Fsp3) is 0.188. The monoisotopic (exact) mass is 303 g/mol. The van der Waals surface area contributed by atoms with Crippen molar-refractivity contribution in [1.82, 2.24) is 4.90 Å². The topological polar surface area (TPSA) is 58.4 Å². The molecule has 5 heteroatoms. The van der Waals surface area contributed by atoms with Gasteiger partial charge >= 0.3 is 6.03 Å². The Morgan fingerprint density at radius 1 is 1.29 bits per heavy atom. The molecule has 2 amide bonds. The zero-order valence-electron chi connectivity index (χ0n) is 12.1. The first-order valence-corrected chi connectivity index (χ1v) is 6.96. The fourth-order valence-corrected chi connectivity index (χ4v) is 2.16. The number of nitrogens with two attached hydrogens (primary N) is 1. The van der Waals surface area contributed by atoms with E-state index in [9.17, 15) is 4.79 Å². The van der Waals surface area contributed by atoms with Gasteiger partial charge in [0, 0.05) is 30.0 Å². The van der Waals surface area contributed by atoms with Gasteiger partial charge in [-0.1, -0.05) is 23.7 Å². The molecule has 0 heterocycles. The highest BCUT2D eigenvalue weighted by Gasteiger charge is 2.11. The van der Waals surface area contributed by atoms with Gasteiger partial charge in [0.25, 0.3) is 0 Å². The second kappa shape index (κ2) is 6.50. The van der Waals surface area contributed by atoms with Crippen LogP contribution in [0.3, 0.4) is 0 Å². The van der Waals surface area contributed by atoms with E-state index >= 15 is 0 Å². The first-order chi connectivity index (χ1) is 9.95. The van der Waals surface area contributed by atoms with Crippen molar-refractivity contribution in [2.75, 3.05) is 18.1 Å². The van der Waals surface area contributed by atoms with Crippen molar-refractivity contribution in [3.05, 3.63) is 58.6 Å². The highest BCUT2D eigenvalue weighted by atomic mass is 35.5. The highest BCUT2D eigenvalue weighted by molar-refractivity contribution is 6.31. The van der Waals surface area contributed by atoms with E-state index in [0.717, 1.165) is 16.8 Å². The van der Waals surface area contributed by atoms with E-state index < -0.39 is 0 Å². The molecule has 0 spiro atoms. The van der Waals surface area contributed by atoms with E-state index in [1.807, 2.05) is 31.2 Å². The number of nitrogens with one attached hydrogen (secondary N) is 1. The number of nitrogen functional groups attached to an aromatic ring is 1. The zero-order valence-corrected chi connectivity index (χ0v) is 12.8. The van der Waals surface area contributed by atoms with E-state index in [0.29, 0.717) is 17.3 Å². The van der Waals surface area contributed by atoms with Crippen LogP contribution in [-0.4, -0.2) is 18.0 Å². The van der Waals surface area contributed by atoms with Gasteiger partial charge in [-0.05, 0) is 48.4 Å². The Morgan fingerprint density at radius 2 is 2.05 bits per heavy atom. The van der Waals surface area contributed by atoms with Crippen molar-refractivity contribution >= 4 is 29.0 Å². The second-order valence-corrected chi connectivity index (χ2v) is 5.41. The molecule has 0 fully saturated rings. The highest BCUT2D eigenvalue weighted by Crippen LogP contribution is 2.20. The minimum atomic E-state index is -0.195. The summed E-state index contributed by atoms with van der Waals surface area (Å²) in [5.74, 6) is 0. The molecule has 4 nitrogen and oxygen atoms in total. The number of hydrogen-bond donors (Lipinski definition) is 2. The van der Waals surface area contributed by atoms with Gasteiger partial charge in [-0.25, -0.2) is 4.79 Å². The van der Waals surface area contributed by atoms with Gasteiger partial charge in [-0.15, -0.1) is 0 Å². The van der Waals surface area contributed by atoms with Crippen molar-refractivity contribution in [1.29, 1.82) is 0 Å². The number of carbonyl (C=O) groups is 1. The van der Waals surface area contributed by atoms with Crippen LogP contribution in [0.5, 0.6) is 0 Å². The molecule has 0 saturated heterocycles. The smallest absolute Gasteiger partial charge is 0.321 e. The lowest BCUT2D eigenvalue weighted by Crippen LogP contribution is -2.31. The lowest BCUT2D eigenvalue weighted by atomic mass is 10.2. The minimum absolute atomic E-state index is 0.195. The summed E-state index contributed by atoms with van der Waals surface area (Å²) < 4.78 is 0. The maximum atomic E-state index is 12.2. The Labute approximate surface area is 129 Å². The van der Waals surface area contributed by atoms with E-state index in [-0.39, 0.29) is 6.03 Å². The molecular weight excluding hydrogens is 286 g/mol. The maximum absolute atomic E-state index is 12.2. The molecule has 0 radical (unpaired) electrons. The van der Waals surface area contributed by atoms with Gasteiger partial charge in [-0.2, -0.15) is 0 Å². The summed E-state index contributed by atoms with van der Waals surface area (Å²) in [5, 5.41) is 3.45. The van der Waals surface area contributed by atoms with Crippen LogP contribution in [0.15, 0.2) is 42.5 Å². The molecule has 0 aliphatic heterocycles. The van der Waals surface area contributed by atoms with E-state index in [1.54, 1.807) is 30.1 Å². The number of anilines is 2. The van der Waals surface area contributed by atoms with Crippen LogP contribution in [-0.2, 0) is 6.54 Å². The predicted octanol–water partition coefficient (Wildman–Crippen LogP) is 3.89. The van der Waals surface area contributed by atoms with Gasteiger partial charge < -0.3 is 16.0 Å². The normalized spacial score (nSPS) is 10.2. The average molecular weight is 304 g/mol. The fourth-order valence-electron chi connectivity index (χ4n) is 1.98. The van der Waals surface area contributed by atoms with Gasteiger partial charge in [-0.3, -0.25) is 0 Å². The Kier molecular flexibility index (Phi) is 4.70. The molecule has 110 valence electrons. The molecular formula is C16H18ClN3O. The third-order valence-corrected chi connectivity index (χ3v) is 3.46. The van der Waals surface area contributed by atoms with Crippen molar-refractivity contribution in [3.8, 4) is 0 Å². The third kappa shape index (κ3) is 4.13. The number of nitrogens with zero attached hydrogens (tertiary/aromatic N) is 1. The van der Waals surface area contributed by atoms with Gasteiger partial charge in [0.15, 0.2) is 0 Å². The number of carbonyl (C=O) groups excluding carboxylic acids is 1. The van der Waals surface area contributed by atoms with E-state index in [4.69, 9.17) is 17.3 Å². The third-order valence-electron chi connectivity index (χ3n) is 3.09. The number of aryl methyl sites for hydroxylation is 1. The standard InChI is InChI=1S/C16H18ClN3O/c1-11-4-3-5-14(8-11)19-16(21)20(2)10-12-9-13(18)6-7-15(12)17/h3-9H,10,18H2,1-2H3,(H,19,21). The Balaban J connectivity index is 2.04. The molecule has 2 aromatic rings. The summed E-state index contributed by atoms with van der Waals surface area (Å²) in [6.45, 7) is 2.37. The van der Waals surface area contributed by atoms with E-state index in [1.165, 1.54) is 0 Å².